The molecule has 1 aromatic carbocycles. The maximum Gasteiger partial charge on any atom is 0.253 e. The van der Waals surface area contributed by atoms with Crippen LogP contribution < -0.4 is 11.5 Å². The number of primary amides is 2. The van der Waals surface area contributed by atoms with Crippen LogP contribution in [0.25, 0.3) is 0 Å². The highest BCUT2D eigenvalue weighted by Crippen LogP contribution is 2.25. The molecule has 1 fully saturated rings. The van der Waals surface area contributed by atoms with Crippen LogP contribution in [0.5, 0.6) is 0 Å². The van der Waals surface area contributed by atoms with E-state index in [0.29, 0.717) is 10.6 Å². The van der Waals surface area contributed by atoms with Crippen LogP contribution in [-0.4, -0.2) is 35.7 Å². The molecule has 0 bridgehead atoms. The van der Waals surface area contributed by atoms with Gasteiger partial charge in [0.25, 0.3) is 5.91 Å². The molecule has 7 heteroatoms. The van der Waals surface area contributed by atoms with Crippen LogP contribution >= 0.6 is 11.6 Å². The number of halogens is 1. The van der Waals surface area contributed by atoms with Crippen molar-refractivity contribution in [2.24, 2.45) is 23.3 Å². The number of rotatable bonds is 3. The molecule has 2 rings (SSSR count). The number of hydrogen-bond acceptors (Lipinski definition) is 3. The van der Waals surface area contributed by atoms with Crippen molar-refractivity contribution in [3.8, 4) is 0 Å². The van der Waals surface area contributed by atoms with E-state index < -0.39 is 23.7 Å². The van der Waals surface area contributed by atoms with E-state index in [1.54, 1.807) is 18.2 Å². The van der Waals surface area contributed by atoms with E-state index in [4.69, 9.17) is 23.1 Å². The first kappa shape index (κ1) is 14.3. The first-order valence-corrected chi connectivity index (χ1v) is 6.41. The van der Waals surface area contributed by atoms with Gasteiger partial charge in [0, 0.05) is 23.7 Å². The number of hydrogen-bond donors (Lipinski definition) is 2. The molecule has 6 nitrogen and oxygen atoms in total. The molecule has 2 atom stereocenters. The Kier molecular flexibility index (Phi) is 3.94. The van der Waals surface area contributed by atoms with Crippen molar-refractivity contribution in [1.82, 2.24) is 4.90 Å². The zero-order valence-electron chi connectivity index (χ0n) is 10.6. The third-order valence-electron chi connectivity index (χ3n) is 3.41. The fourth-order valence-corrected chi connectivity index (χ4v) is 2.54. The Hall–Kier alpha value is -2.08. The van der Waals surface area contributed by atoms with Crippen LogP contribution in [0.4, 0.5) is 0 Å². The fraction of sp³-hybridized carbons (Fsp3) is 0.308. The van der Waals surface area contributed by atoms with Crippen molar-refractivity contribution < 1.29 is 14.4 Å². The van der Waals surface area contributed by atoms with Gasteiger partial charge < -0.3 is 16.4 Å². The van der Waals surface area contributed by atoms with Crippen molar-refractivity contribution in [3.05, 3.63) is 34.9 Å². The van der Waals surface area contributed by atoms with Gasteiger partial charge >= 0.3 is 0 Å². The lowest BCUT2D eigenvalue weighted by atomic mass is 9.95. The topological polar surface area (TPSA) is 106 Å². The summed E-state index contributed by atoms with van der Waals surface area (Å²) < 4.78 is 0. The maximum absolute atomic E-state index is 12.3. The molecule has 20 heavy (non-hydrogen) atoms. The Balaban J connectivity index is 2.20. The molecule has 0 saturated carbocycles. The lowest BCUT2D eigenvalue weighted by Gasteiger charge is -2.16. The van der Waals surface area contributed by atoms with Crippen LogP contribution in [0.1, 0.15) is 10.4 Å². The molecule has 1 aliphatic heterocycles. The molecule has 0 spiro atoms. The van der Waals surface area contributed by atoms with Crippen LogP contribution in [0.3, 0.4) is 0 Å². The third kappa shape index (κ3) is 2.75. The summed E-state index contributed by atoms with van der Waals surface area (Å²) in [4.78, 5) is 36.4. The molecular weight excluding hydrogens is 282 g/mol. The van der Waals surface area contributed by atoms with Crippen LogP contribution in [0, 0.1) is 11.8 Å². The number of benzene rings is 1. The van der Waals surface area contributed by atoms with Gasteiger partial charge in [0.1, 0.15) is 0 Å². The average molecular weight is 296 g/mol. The number of likely N-dealkylation sites (tertiary alicyclic amines) is 1. The Bertz CT molecular complexity index is 554. The van der Waals surface area contributed by atoms with Gasteiger partial charge in [-0.2, -0.15) is 0 Å². The summed E-state index contributed by atoms with van der Waals surface area (Å²) in [6, 6.07) is 6.45. The van der Waals surface area contributed by atoms with Gasteiger partial charge in [-0.15, -0.1) is 0 Å². The molecule has 1 aromatic rings. The zero-order chi connectivity index (χ0) is 14.9. The summed E-state index contributed by atoms with van der Waals surface area (Å²) in [6.07, 6.45) is 0. The molecule has 3 amide bonds. The monoisotopic (exact) mass is 295 g/mol. The van der Waals surface area contributed by atoms with Crippen LogP contribution in [0.15, 0.2) is 24.3 Å². The number of carbonyl (C=O) groups is 3. The predicted molar refractivity (Wildman–Crippen MR) is 72.7 cm³/mol. The fourth-order valence-electron chi connectivity index (χ4n) is 2.35. The van der Waals surface area contributed by atoms with Crippen molar-refractivity contribution in [1.29, 1.82) is 0 Å². The molecular formula is C13H14ClN3O3. The summed E-state index contributed by atoms with van der Waals surface area (Å²) >= 11 is 5.83. The summed E-state index contributed by atoms with van der Waals surface area (Å²) in [7, 11) is 0. The first-order valence-electron chi connectivity index (χ1n) is 6.03. The van der Waals surface area contributed by atoms with E-state index in [1.165, 1.54) is 11.0 Å². The van der Waals surface area contributed by atoms with E-state index in [-0.39, 0.29) is 19.0 Å². The van der Waals surface area contributed by atoms with E-state index >= 15 is 0 Å². The van der Waals surface area contributed by atoms with Gasteiger partial charge in [0.15, 0.2) is 0 Å². The van der Waals surface area contributed by atoms with E-state index in [0.717, 1.165) is 0 Å². The Morgan fingerprint density at radius 3 is 2.10 bits per heavy atom. The highest BCUT2D eigenvalue weighted by atomic mass is 35.5. The average Bonchev–Trinajstić information content (AvgIpc) is 2.83. The smallest absolute Gasteiger partial charge is 0.253 e. The van der Waals surface area contributed by atoms with E-state index in [1.807, 2.05) is 0 Å². The number of nitrogens with two attached hydrogens (primary N) is 2. The standard InChI is InChI=1S/C13H14ClN3O3/c14-8-3-1-2-7(4-8)13(20)17-5-9(11(15)18)10(6-17)12(16)19/h1-4,9-10H,5-6H2,(H2,15,18)(H2,16,19). The van der Waals surface area contributed by atoms with E-state index in [9.17, 15) is 14.4 Å². The summed E-state index contributed by atoms with van der Waals surface area (Å²) in [5.74, 6) is -3.04. The molecule has 1 saturated heterocycles. The van der Waals surface area contributed by atoms with E-state index in [2.05, 4.69) is 0 Å². The molecule has 1 heterocycles. The van der Waals surface area contributed by atoms with Crippen molar-refractivity contribution in [3.63, 3.8) is 0 Å². The van der Waals surface area contributed by atoms with Gasteiger partial charge in [-0.05, 0) is 18.2 Å². The minimum atomic E-state index is -0.740. The third-order valence-corrected chi connectivity index (χ3v) is 3.64. The largest absolute Gasteiger partial charge is 0.369 e. The van der Waals surface area contributed by atoms with Gasteiger partial charge in [-0.25, -0.2) is 0 Å². The highest BCUT2D eigenvalue weighted by Gasteiger charge is 2.41. The maximum atomic E-state index is 12.3. The Morgan fingerprint density at radius 2 is 1.65 bits per heavy atom. The van der Waals surface area contributed by atoms with Crippen molar-refractivity contribution >= 4 is 29.3 Å². The van der Waals surface area contributed by atoms with Gasteiger partial charge in [-0.1, -0.05) is 17.7 Å². The highest BCUT2D eigenvalue weighted by molar-refractivity contribution is 6.30. The Morgan fingerprint density at radius 1 is 1.10 bits per heavy atom. The lowest BCUT2D eigenvalue weighted by molar-refractivity contribution is -0.129. The first-order chi connectivity index (χ1) is 9.40. The molecule has 1 aliphatic rings. The van der Waals surface area contributed by atoms with Gasteiger partial charge in [0.05, 0.1) is 11.8 Å². The SMILES string of the molecule is NC(=O)C1CN(C(=O)c2cccc(Cl)c2)CC1C(N)=O. The lowest BCUT2D eigenvalue weighted by Crippen LogP contribution is -2.36. The molecule has 0 aromatic heterocycles. The van der Waals surface area contributed by atoms with Crippen LogP contribution in [0.2, 0.25) is 5.02 Å². The molecule has 2 unspecified atom stereocenters. The minimum absolute atomic E-state index is 0.0916. The molecule has 4 N–H and O–H groups in total. The summed E-state index contributed by atoms with van der Waals surface area (Å²) in [6.45, 7) is 0.183. The molecule has 0 radical (unpaired) electrons. The summed E-state index contributed by atoms with van der Waals surface area (Å²) in [5, 5.41) is 0.438. The second kappa shape index (κ2) is 5.50. The van der Waals surface area contributed by atoms with Gasteiger partial charge in [-0.3, -0.25) is 14.4 Å². The zero-order valence-corrected chi connectivity index (χ0v) is 11.3. The second-order valence-corrected chi connectivity index (χ2v) is 5.17. The number of carbonyl (C=O) groups excluding carboxylic acids is 3. The predicted octanol–water partition coefficient (Wildman–Crippen LogP) is -0.00120. The van der Waals surface area contributed by atoms with Crippen LogP contribution in [-0.2, 0) is 9.59 Å². The Labute approximate surface area is 120 Å². The van der Waals surface area contributed by atoms with Crippen molar-refractivity contribution in [2.45, 2.75) is 0 Å². The number of nitrogens with zero attached hydrogens (tertiary/aromatic N) is 1. The van der Waals surface area contributed by atoms with Crippen molar-refractivity contribution in [2.75, 3.05) is 13.1 Å². The molecule has 0 aliphatic carbocycles. The molecule has 106 valence electrons. The quantitative estimate of drug-likeness (QED) is 0.819. The normalized spacial score (nSPS) is 21.8. The summed E-state index contributed by atoms with van der Waals surface area (Å²) in [5.41, 5.74) is 10.9. The van der Waals surface area contributed by atoms with Gasteiger partial charge in [0.2, 0.25) is 11.8 Å². The minimum Gasteiger partial charge on any atom is -0.369 e. The second-order valence-electron chi connectivity index (χ2n) is 4.74. The number of amides is 3.